The lowest BCUT2D eigenvalue weighted by Crippen LogP contribution is -2.30. The van der Waals surface area contributed by atoms with Gasteiger partial charge in [0.1, 0.15) is 5.75 Å². The molecule has 1 heterocycles. The summed E-state index contributed by atoms with van der Waals surface area (Å²) in [5.41, 5.74) is 4.04. The van der Waals surface area contributed by atoms with Gasteiger partial charge < -0.3 is 9.26 Å². The van der Waals surface area contributed by atoms with E-state index in [4.69, 9.17) is 9.26 Å². The summed E-state index contributed by atoms with van der Waals surface area (Å²) < 4.78 is 10.9. The number of nitrogens with one attached hydrogen (secondary N) is 1. The smallest absolute Gasteiger partial charge is 0.270 e. The van der Waals surface area contributed by atoms with E-state index in [-0.39, 0.29) is 11.9 Å². The number of hydrogen-bond acceptors (Lipinski definition) is 5. The zero-order valence-corrected chi connectivity index (χ0v) is 15.2. The minimum absolute atomic E-state index is 0.113. The average Bonchev–Trinajstić information content (AvgIpc) is 3.02. The summed E-state index contributed by atoms with van der Waals surface area (Å²) in [7, 11) is 0. The van der Waals surface area contributed by atoms with Crippen molar-refractivity contribution in [2.75, 3.05) is 5.32 Å². The number of carbonyl (C=O) groups is 1. The molecule has 0 bridgehead atoms. The van der Waals surface area contributed by atoms with Crippen molar-refractivity contribution >= 4 is 11.9 Å². The first-order valence-corrected chi connectivity index (χ1v) is 8.37. The van der Waals surface area contributed by atoms with Gasteiger partial charge in [0.05, 0.1) is 0 Å². The maximum absolute atomic E-state index is 12.3. The molecule has 0 saturated carbocycles. The normalized spacial score (nSPS) is 11.8. The lowest BCUT2D eigenvalue weighted by atomic mass is 10.1. The van der Waals surface area contributed by atoms with Gasteiger partial charge in [0.25, 0.3) is 17.7 Å². The Bertz CT molecular complexity index is 913. The van der Waals surface area contributed by atoms with Crippen LogP contribution in [0.4, 0.5) is 5.95 Å². The van der Waals surface area contributed by atoms with Gasteiger partial charge in [-0.15, -0.1) is 0 Å². The fourth-order valence-electron chi connectivity index (χ4n) is 2.64. The van der Waals surface area contributed by atoms with Gasteiger partial charge in [0.15, 0.2) is 6.10 Å². The number of hydrogen-bond donors (Lipinski definition) is 1. The molecule has 0 radical (unpaired) electrons. The van der Waals surface area contributed by atoms with Gasteiger partial charge >= 0.3 is 0 Å². The van der Waals surface area contributed by atoms with Gasteiger partial charge in [-0.25, -0.2) is 0 Å². The lowest BCUT2D eigenvalue weighted by molar-refractivity contribution is -0.122. The van der Waals surface area contributed by atoms with Crippen LogP contribution in [-0.4, -0.2) is 22.2 Å². The molecule has 0 aliphatic rings. The standard InChI is InChI=1S/C20H21N3O3/c1-12-6-5-7-16(9-12)19-22-20(23-26-19)21-18(24)15(4)25-17-10-13(2)8-14(3)11-17/h5-11,15H,1-4H3,(H,21,23,24). The number of aryl methyl sites for hydroxylation is 3. The highest BCUT2D eigenvalue weighted by Gasteiger charge is 2.18. The van der Waals surface area contributed by atoms with E-state index in [0.717, 1.165) is 22.3 Å². The van der Waals surface area contributed by atoms with Crippen LogP contribution in [0, 0.1) is 20.8 Å². The Morgan fingerprint density at radius 3 is 2.50 bits per heavy atom. The largest absolute Gasteiger partial charge is 0.481 e. The highest BCUT2D eigenvalue weighted by atomic mass is 16.5. The van der Waals surface area contributed by atoms with Crippen LogP contribution >= 0.6 is 0 Å². The van der Waals surface area contributed by atoms with Crippen molar-refractivity contribution in [3.63, 3.8) is 0 Å². The number of aromatic nitrogens is 2. The van der Waals surface area contributed by atoms with Gasteiger partial charge in [0, 0.05) is 5.56 Å². The lowest BCUT2D eigenvalue weighted by Gasteiger charge is -2.14. The van der Waals surface area contributed by atoms with Crippen molar-refractivity contribution < 1.29 is 14.1 Å². The third-order valence-corrected chi connectivity index (χ3v) is 3.80. The summed E-state index contributed by atoms with van der Waals surface area (Å²) in [4.78, 5) is 16.5. The maximum Gasteiger partial charge on any atom is 0.270 e. The van der Waals surface area contributed by atoms with Crippen molar-refractivity contribution in [1.29, 1.82) is 0 Å². The second kappa shape index (κ2) is 7.39. The molecule has 0 fully saturated rings. The molecule has 26 heavy (non-hydrogen) atoms. The van der Waals surface area contributed by atoms with E-state index < -0.39 is 6.10 Å². The van der Waals surface area contributed by atoms with E-state index in [1.165, 1.54) is 0 Å². The molecule has 6 nitrogen and oxygen atoms in total. The molecule has 3 rings (SSSR count). The van der Waals surface area contributed by atoms with Gasteiger partial charge in [-0.05, 0) is 68.2 Å². The molecule has 0 saturated heterocycles. The molecule has 134 valence electrons. The fourth-order valence-corrected chi connectivity index (χ4v) is 2.64. The molecule has 1 amide bonds. The van der Waals surface area contributed by atoms with Crippen molar-refractivity contribution in [1.82, 2.24) is 10.1 Å². The second-order valence-corrected chi connectivity index (χ2v) is 6.37. The predicted octanol–water partition coefficient (Wildman–Crippen LogP) is 4.07. The molecule has 1 unspecified atom stereocenters. The van der Waals surface area contributed by atoms with Crippen LogP contribution in [0.5, 0.6) is 5.75 Å². The quantitative estimate of drug-likeness (QED) is 0.750. The number of nitrogens with zero attached hydrogens (tertiary/aromatic N) is 2. The third kappa shape index (κ3) is 4.27. The zero-order chi connectivity index (χ0) is 18.7. The number of benzene rings is 2. The Morgan fingerprint density at radius 1 is 1.08 bits per heavy atom. The second-order valence-electron chi connectivity index (χ2n) is 6.37. The third-order valence-electron chi connectivity index (χ3n) is 3.80. The summed E-state index contributed by atoms with van der Waals surface area (Å²) in [6, 6.07) is 13.5. The highest BCUT2D eigenvalue weighted by molar-refractivity contribution is 5.92. The average molecular weight is 351 g/mol. The maximum atomic E-state index is 12.3. The summed E-state index contributed by atoms with van der Waals surface area (Å²) in [6.45, 7) is 7.62. The molecule has 1 aromatic heterocycles. The molecule has 1 atom stereocenters. The molecule has 2 aromatic carbocycles. The molecule has 6 heteroatoms. The number of rotatable bonds is 5. The van der Waals surface area contributed by atoms with Crippen molar-refractivity contribution in [3.8, 4) is 17.2 Å². The van der Waals surface area contributed by atoms with Gasteiger partial charge in [-0.1, -0.05) is 23.8 Å². The molecule has 1 N–H and O–H groups in total. The summed E-state index contributed by atoms with van der Waals surface area (Å²) in [5.74, 6) is 0.772. The minimum atomic E-state index is -0.697. The van der Waals surface area contributed by atoms with Crippen LogP contribution in [0.25, 0.3) is 11.5 Å². The zero-order valence-electron chi connectivity index (χ0n) is 15.2. The fraction of sp³-hybridized carbons (Fsp3) is 0.250. The van der Waals surface area contributed by atoms with Crippen molar-refractivity contribution in [2.24, 2.45) is 0 Å². The van der Waals surface area contributed by atoms with Crippen LogP contribution < -0.4 is 10.1 Å². The van der Waals surface area contributed by atoms with Crippen LogP contribution in [-0.2, 0) is 4.79 Å². The molecule has 0 spiro atoms. The van der Waals surface area contributed by atoms with E-state index in [2.05, 4.69) is 15.5 Å². The van der Waals surface area contributed by atoms with Crippen molar-refractivity contribution in [3.05, 3.63) is 59.2 Å². The van der Waals surface area contributed by atoms with E-state index >= 15 is 0 Å². The molecular weight excluding hydrogens is 330 g/mol. The highest BCUT2D eigenvalue weighted by Crippen LogP contribution is 2.20. The topological polar surface area (TPSA) is 77.2 Å². The molecule has 3 aromatic rings. The van der Waals surface area contributed by atoms with Gasteiger partial charge in [0.2, 0.25) is 0 Å². The Kier molecular flexibility index (Phi) is 5.02. The number of anilines is 1. The summed E-state index contributed by atoms with van der Waals surface area (Å²) in [5, 5.41) is 6.42. The molecule has 0 aliphatic carbocycles. The van der Waals surface area contributed by atoms with Crippen molar-refractivity contribution in [2.45, 2.75) is 33.8 Å². The van der Waals surface area contributed by atoms with E-state index in [9.17, 15) is 4.79 Å². The Labute approximate surface area is 152 Å². The van der Waals surface area contributed by atoms with Gasteiger partial charge in [-0.3, -0.25) is 10.1 Å². The van der Waals surface area contributed by atoms with E-state index in [1.54, 1.807) is 6.92 Å². The predicted molar refractivity (Wildman–Crippen MR) is 99.1 cm³/mol. The Morgan fingerprint density at radius 2 is 1.81 bits per heavy atom. The van der Waals surface area contributed by atoms with Crippen LogP contribution in [0.1, 0.15) is 23.6 Å². The Balaban J connectivity index is 1.66. The molecule has 0 aliphatic heterocycles. The summed E-state index contributed by atoms with van der Waals surface area (Å²) in [6.07, 6.45) is -0.697. The molecular formula is C20H21N3O3. The first kappa shape index (κ1) is 17.7. The van der Waals surface area contributed by atoms with Crippen LogP contribution in [0.2, 0.25) is 0 Å². The van der Waals surface area contributed by atoms with Gasteiger partial charge in [-0.2, -0.15) is 4.98 Å². The van der Waals surface area contributed by atoms with Crippen LogP contribution in [0.15, 0.2) is 47.0 Å². The van der Waals surface area contributed by atoms with E-state index in [1.807, 2.05) is 63.2 Å². The monoisotopic (exact) mass is 351 g/mol. The summed E-state index contributed by atoms with van der Waals surface area (Å²) >= 11 is 0. The number of carbonyl (C=O) groups excluding carboxylic acids is 1. The SMILES string of the molecule is Cc1cc(C)cc(OC(C)C(=O)Nc2noc(-c3cccc(C)c3)n2)c1. The van der Waals surface area contributed by atoms with E-state index in [0.29, 0.717) is 11.6 Å². The number of amides is 1. The minimum Gasteiger partial charge on any atom is -0.481 e. The van der Waals surface area contributed by atoms with Crippen LogP contribution in [0.3, 0.4) is 0 Å². The first-order valence-electron chi connectivity index (χ1n) is 8.37. The number of ether oxygens (including phenoxy) is 1. The first-order chi connectivity index (χ1) is 12.4. The Hall–Kier alpha value is -3.15.